The molecule has 1 aromatic carbocycles. The number of amides is 1. The lowest BCUT2D eigenvalue weighted by molar-refractivity contribution is 0.0981. The molecule has 1 saturated heterocycles. The highest BCUT2D eigenvalue weighted by atomic mass is 32.2. The van der Waals surface area contributed by atoms with Crippen LogP contribution < -0.4 is 20.1 Å². The predicted molar refractivity (Wildman–Crippen MR) is 148 cm³/mol. The van der Waals surface area contributed by atoms with Gasteiger partial charge in [0.25, 0.3) is 15.9 Å². The average Bonchev–Trinajstić information content (AvgIpc) is 3.20. The van der Waals surface area contributed by atoms with Crippen LogP contribution in [-0.2, 0) is 10.0 Å². The number of sulfonamides is 1. The number of benzene rings is 1. The van der Waals surface area contributed by atoms with Crippen LogP contribution in [-0.4, -0.2) is 43.0 Å². The molecule has 39 heavy (non-hydrogen) atoms. The number of anilines is 2. The third-order valence-corrected chi connectivity index (χ3v) is 7.48. The van der Waals surface area contributed by atoms with Crippen molar-refractivity contribution in [1.82, 2.24) is 14.7 Å². The van der Waals surface area contributed by atoms with E-state index in [2.05, 4.69) is 9.97 Å². The summed E-state index contributed by atoms with van der Waals surface area (Å²) < 4.78 is 102. The lowest BCUT2D eigenvalue weighted by atomic mass is 9.97. The Bertz CT molecular complexity index is 1740. The summed E-state index contributed by atoms with van der Waals surface area (Å²) in [6.45, 7) is -1.19. The minimum atomic E-state index is -4.42. The maximum Gasteiger partial charge on any atom is 0.281 e. The van der Waals surface area contributed by atoms with Crippen molar-refractivity contribution in [2.45, 2.75) is 51.5 Å². The molecular formula is C28H34FN5O4S. The SMILES string of the molecule is [2H]C([2H])([2H])C([2H])(COc1cc(F)cc(-c2ccc(C(=O)NS(=O)(=O)c3cccc(N)n3)c(N3C[C@@H](C)CC3(C)C)n2)c1)C([2H])([2H])[2H]. The number of halogens is 1. The Morgan fingerprint density at radius 2 is 2.05 bits per heavy atom. The fraction of sp³-hybridized carbons (Fsp3) is 0.393. The first-order valence-corrected chi connectivity index (χ1v) is 13.5. The molecule has 1 fully saturated rings. The number of nitrogens with two attached hydrogens (primary N) is 1. The third kappa shape index (κ3) is 6.47. The summed E-state index contributed by atoms with van der Waals surface area (Å²) in [5.41, 5.74) is 5.30. The van der Waals surface area contributed by atoms with Gasteiger partial charge in [-0.05, 0) is 68.5 Å². The Labute approximate surface area is 238 Å². The minimum Gasteiger partial charge on any atom is -0.493 e. The number of carbonyl (C=O) groups excluding carboxylic acids is 1. The van der Waals surface area contributed by atoms with Crippen molar-refractivity contribution >= 4 is 27.6 Å². The molecule has 0 radical (unpaired) electrons. The number of nitrogens with one attached hydrogen (secondary N) is 1. The second-order valence-electron chi connectivity index (χ2n) is 10.1. The molecule has 0 saturated carbocycles. The molecule has 0 aliphatic carbocycles. The Hall–Kier alpha value is -3.73. The van der Waals surface area contributed by atoms with Gasteiger partial charge in [-0.25, -0.2) is 19.1 Å². The smallest absolute Gasteiger partial charge is 0.281 e. The van der Waals surface area contributed by atoms with Crippen LogP contribution in [0.5, 0.6) is 5.75 Å². The minimum absolute atomic E-state index is 0.0569. The fourth-order valence-electron chi connectivity index (χ4n) is 4.71. The van der Waals surface area contributed by atoms with Crippen LogP contribution >= 0.6 is 0 Å². The second kappa shape index (κ2) is 10.8. The lowest BCUT2D eigenvalue weighted by Crippen LogP contribution is -2.41. The van der Waals surface area contributed by atoms with E-state index in [1.165, 1.54) is 36.4 Å². The van der Waals surface area contributed by atoms with Gasteiger partial charge in [0, 0.05) is 33.3 Å². The van der Waals surface area contributed by atoms with Crippen molar-refractivity contribution in [1.29, 1.82) is 0 Å². The van der Waals surface area contributed by atoms with Gasteiger partial charge in [-0.3, -0.25) is 4.79 Å². The van der Waals surface area contributed by atoms with E-state index in [1.807, 2.05) is 30.4 Å². The number of hydrogen-bond acceptors (Lipinski definition) is 8. The van der Waals surface area contributed by atoms with E-state index < -0.39 is 58.5 Å². The third-order valence-electron chi connectivity index (χ3n) is 6.25. The van der Waals surface area contributed by atoms with Gasteiger partial charge >= 0.3 is 0 Å². The Balaban J connectivity index is 1.75. The standard InChI is InChI=1S/C28H34FN5O4S/c1-17(2)16-38-21-12-19(11-20(29)13-21)23-10-9-22(26(31-23)34-15-18(3)14-28(34,4)5)27(35)33-39(36,37)25-8-6-7-24(30)32-25/h6-13,17-18H,14-16H2,1-5H3,(H2,30,32)(H,33,35)/t18-/m0/s1/i1D3,2D3,17D. The van der Waals surface area contributed by atoms with E-state index in [0.29, 0.717) is 6.54 Å². The van der Waals surface area contributed by atoms with Crippen LogP contribution in [0.4, 0.5) is 16.0 Å². The topological polar surface area (TPSA) is 128 Å². The van der Waals surface area contributed by atoms with Crippen LogP contribution in [0.3, 0.4) is 0 Å². The average molecular weight is 563 g/mol. The van der Waals surface area contributed by atoms with Gasteiger partial charge < -0.3 is 15.4 Å². The molecular weight excluding hydrogens is 521 g/mol. The summed E-state index contributed by atoms with van der Waals surface area (Å²) in [7, 11) is -4.42. The largest absolute Gasteiger partial charge is 0.493 e. The van der Waals surface area contributed by atoms with Crippen molar-refractivity contribution < 1.29 is 31.9 Å². The first-order chi connectivity index (χ1) is 21.0. The number of nitrogens with zero attached hydrogens (tertiary/aromatic N) is 3. The first kappa shape index (κ1) is 20.2. The predicted octanol–water partition coefficient (Wildman–Crippen LogP) is 4.64. The number of carbonyl (C=O) groups is 1. The molecule has 0 bridgehead atoms. The van der Waals surface area contributed by atoms with Crippen molar-refractivity contribution in [3.63, 3.8) is 0 Å². The highest BCUT2D eigenvalue weighted by Gasteiger charge is 2.39. The maximum absolute atomic E-state index is 14.8. The van der Waals surface area contributed by atoms with E-state index in [4.69, 9.17) is 20.1 Å². The number of aromatic nitrogens is 2. The molecule has 208 valence electrons. The molecule has 3 aromatic rings. The molecule has 1 atom stereocenters. The van der Waals surface area contributed by atoms with Crippen LogP contribution in [0.2, 0.25) is 0 Å². The lowest BCUT2D eigenvalue weighted by Gasteiger charge is -2.34. The molecule has 3 heterocycles. The van der Waals surface area contributed by atoms with E-state index in [0.717, 1.165) is 18.6 Å². The van der Waals surface area contributed by atoms with Gasteiger partial charge in [0.05, 0.1) is 17.9 Å². The normalized spacial score (nSPS) is 20.5. The summed E-state index contributed by atoms with van der Waals surface area (Å²) >= 11 is 0. The molecule has 11 heteroatoms. The Kier molecular flexibility index (Phi) is 5.60. The zero-order valence-corrected chi connectivity index (χ0v) is 22.5. The highest BCUT2D eigenvalue weighted by molar-refractivity contribution is 7.90. The molecule has 0 spiro atoms. The Morgan fingerprint density at radius 1 is 1.28 bits per heavy atom. The van der Waals surface area contributed by atoms with Gasteiger partial charge in [-0.15, -0.1) is 0 Å². The number of hydrogen-bond donors (Lipinski definition) is 2. The van der Waals surface area contributed by atoms with Crippen molar-refractivity contribution in [2.24, 2.45) is 11.8 Å². The molecule has 9 nitrogen and oxygen atoms in total. The molecule has 3 N–H and O–H groups in total. The number of ether oxygens (including phenoxy) is 1. The van der Waals surface area contributed by atoms with E-state index in [-0.39, 0.29) is 40.1 Å². The molecule has 1 aliphatic rings. The van der Waals surface area contributed by atoms with Gasteiger partial charge in [-0.1, -0.05) is 26.7 Å². The van der Waals surface area contributed by atoms with Gasteiger partial charge in [0.2, 0.25) is 0 Å². The number of pyridine rings is 2. The quantitative estimate of drug-likeness (QED) is 0.406. The van der Waals surface area contributed by atoms with Crippen molar-refractivity contribution in [3.05, 3.63) is 59.9 Å². The van der Waals surface area contributed by atoms with E-state index in [1.54, 1.807) is 0 Å². The molecule has 1 amide bonds. The van der Waals surface area contributed by atoms with Gasteiger partial charge in [-0.2, -0.15) is 8.42 Å². The zero-order valence-electron chi connectivity index (χ0n) is 28.7. The van der Waals surface area contributed by atoms with Gasteiger partial charge in [0.1, 0.15) is 23.2 Å². The summed E-state index contributed by atoms with van der Waals surface area (Å²) in [6, 6.07) is 9.98. The number of rotatable bonds is 8. The maximum atomic E-state index is 14.8. The van der Waals surface area contributed by atoms with Crippen LogP contribution in [0.25, 0.3) is 11.3 Å². The van der Waals surface area contributed by atoms with E-state index >= 15 is 0 Å². The highest BCUT2D eigenvalue weighted by Crippen LogP contribution is 2.38. The number of nitrogen functional groups attached to an aromatic ring is 1. The molecule has 4 rings (SSSR count). The van der Waals surface area contributed by atoms with E-state index in [9.17, 15) is 17.6 Å². The monoisotopic (exact) mass is 562 g/mol. The fourth-order valence-corrected chi connectivity index (χ4v) is 5.65. The van der Waals surface area contributed by atoms with Crippen LogP contribution in [0, 0.1) is 17.6 Å². The second-order valence-corrected chi connectivity index (χ2v) is 11.7. The summed E-state index contributed by atoms with van der Waals surface area (Å²) in [4.78, 5) is 23.8. The van der Waals surface area contributed by atoms with Crippen molar-refractivity contribution in [3.8, 4) is 17.0 Å². The van der Waals surface area contributed by atoms with Crippen LogP contribution in [0.15, 0.2) is 53.6 Å². The van der Waals surface area contributed by atoms with Crippen molar-refractivity contribution in [2.75, 3.05) is 23.8 Å². The Morgan fingerprint density at radius 3 is 2.72 bits per heavy atom. The van der Waals surface area contributed by atoms with Gasteiger partial charge in [0.15, 0.2) is 5.03 Å². The summed E-state index contributed by atoms with van der Waals surface area (Å²) in [5, 5.41) is -0.455. The first-order valence-electron chi connectivity index (χ1n) is 15.6. The molecule has 1 aliphatic heterocycles. The molecule has 0 unspecified atom stereocenters. The van der Waals surface area contributed by atoms with Crippen LogP contribution in [0.1, 0.15) is 60.8 Å². The molecule has 2 aromatic heterocycles. The summed E-state index contributed by atoms with van der Waals surface area (Å²) in [6.07, 6.45) is 0.727. The summed E-state index contributed by atoms with van der Waals surface area (Å²) in [5.74, 6) is -4.80. The zero-order chi connectivity index (χ0) is 34.5.